The quantitative estimate of drug-likeness (QED) is 0.0268. The number of hydrogen-bond donors (Lipinski definition) is 4. The summed E-state index contributed by atoms with van der Waals surface area (Å²) >= 11 is 1.57. The number of nitrogens with one attached hydrogen (secondary N) is 2. The topological polar surface area (TPSA) is 232 Å². The van der Waals surface area contributed by atoms with Gasteiger partial charge in [0.1, 0.15) is 18.5 Å². The van der Waals surface area contributed by atoms with Crippen LogP contribution in [0.4, 0.5) is 4.79 Å². The van der Waals surface area contributed by atoms with Crippen molar-refractivity contribution in [1.29, 1.82) is 0 Å². The van der Waals surface area contributed by atoms with Gasteiger partial charge in [0.05, 0.1) is 39.6 Å². The van der Waals surface area contributed by atoms with Gasteiger partial charge in [-0.3, -0.25) is 28.2 Å². The Morgan fingerprint density at radius 1 is 0.900 bits per heavy atom. The number of allylic oxidation sites excluding steroid dienone is 1. The van der Waals surface area contributed by atoms with E-state index < -0.39 is 51.1 Å². The van der Waals surface area contributed by atoms with Crippen molar-refractivity contribution < 1.29 is 71.3 Å². The number of aliphatic hydroxyl groups excluding tert-OH is 1. The number of carbonyl (C=O) groups excluding carboxylic acids is 5. The van der Waals surface area contributed by atoms with E-state index in [2.05, 4.69) is 10.6 Å². The summed E-state index contributed by atoms with van der Waals surface area (Å²) in [6.07, 6.45) is 1.57. The van der Waals surface area contributed by atoms with Crippen LogP contribution in [0.25, 0.3) is 16.5 Å². The fraction of sp³-hybridized carbons (Fsp3) is 0.439. The van der Waals surface area contributed by atoms with Gasteiger partial charge in [0, 0.05) is 59.7 Å². The number of hydrogen-bond acceptors (Lipinski definition) is 15. The fourth-order valence-corrected chi connectivity index (χ4v) is 7.21. The van der Waals surface area contributed by atoms with Crippen LogP contribution in [0.5, 0.6) is 5.75 Å². The number of aliphatic hydroxyl groups is 1. The summed E-state index contributed by atoms with van der Waals surface area (Å²) in [7, 11) is -4.58. The number of rotatable bonds is 26. The highest BCUT2D eigenvalue weighted by atomic mass is 32.1. The van der Waals surface area contributed by atoms with Gasteiger partial charge in [0.2, 0.25) is 0 Å². The minimum atomic E-state index is -4.58. The van der Waals surface area contributed by atoms with Gasteiger partial charge in [-0.1, -0.05) is 44.2 Å². The average molecular weight is 875 g/mol. The summed E-state index contributed by atoms with van der Waals surface area (Å²) in [4.78, 5) is 72.7. The van der Waals surface area contributed by atoms with Crippen LogP contribution in [0.2, 0.25) is 0 Å². The summed E-state index contributed by atoms with van der Waals surface area (Å²) in [6.45, 7) is 2.18. The molecule has 0 radical (unpaired) electrons. The van der Waals surface area contributed by atoms with Gasteiger partial charge in [0.15, 0.2) is 12.4 Å². The van der Waals surface area contributed by atoms with Crippen molar-refractivity contribution in [3.05, 3.63) is 81.7 Å². The fourth-order valence-electron chi connectivity index (χ4n) is 5.48. The van der Waals surface area contributed by atoms with E-state index in [1.54, 1.807) is 30.4 Å². The van der Waals surface area contributed by atoms with E-state index in [9.17, 15) is 38.5 Å². The highest BCUT2D eigenvalue weighted by Gasteiger charge is 2.27. The SMILES string of the molecule is CCCC(=O)OCCC(COP(=O)(O)OCCNC(=O)OCCOCCNC(=O)COc1ccc2c(c1)C(=O)/C(=C/c1ccc(-c3ccc(CO)cc3)s1)C2)OC(=O)CC. The monoisotopic (exact) mass is 874 g/mol. The molecule has 2 atom stereocenters. The average Bonchev–Trinajstić information content (AvgIpc) is 3.83. The summed E-state index contributed by atoms with van der Waals surface area (Å²) < 4.78 is 48.2. The summed E-state index contributed by atoms with van der Waals surface area (Å²) in [5.41, 5.74) is 3.96. The van der Waals surface area contributed by atoms with Crippen LogP contribution in [0.3, 0.4) is 0 Å². The van der Waals surface area contributed by atoms with E-state index in [1.165, 1.54) is 0 Å². The number of Topliss-reactive ketones (excluding diaryl/α,β-unsaturated/α-hetero) is 1. The molecule has 1 aromatic heterocycles. The molecule has 1 heterocycles. The number of ketones is 1. The Morgan fingerprint density at radius 3 is 2.43 bits per heavy atom. The molecule has 1 aliphatic carbocycles. The van der Waals surface area contributed by atoms with Crippen molar-refractivity contribution in [2.24, 2.45) is 0 Å². The highest BCUT2D eigenvalue weighted by Crippen LogP contribution is 2.43. The first-order chi connectivity index (χ1) is 28.9. The number of fused-ring (bicyclic) bond motifs is 1. The molecule has 2 unspecified atom stereocenters. The molecule has 2 aromatic carbocycles. The minimum Gasteiger partial charge on any atom is -0.484 e. The Bertz CT molecular complexity index is 1980. The third-order valence-electron chi connectivity index (χ3n) is 8.56. The van der Waals surface area contributed by atoms with E-state index in [0.717, 1.165) is 26.4 Å². The zero-order chi connectivity index (χ0) is 43.3. The molecule has 19 heteroatoms. The largest absolute Gasteiger partial charge is 0.484 e. The van der Waals surface area contributed by atoms with Gasteiger partial charge in [-0.25, -0.2) is 9.36 Å². The van der Waals surface area contributed by atoms with Crippen molar-refractivity contribution in [3.63, 3.8) is 0 Å². The number of phosphoric acid groups is 1. The number of thiophene rings is 1. The molecule has 0 spiro atoms. The lowest BCUT2D eigenvalue weighted by molar-refractivity contribution is -0.153. The number of benzene rings is 2. The van der Waals surface area contributed by atoms with Crippen LogP contribution >= 0.6 is 19.2 Å². The van der Waals surface area contributed by atoms with E-state index in [0.29, 0.717) is 29.7 Å². The molecule has 3 aromatic rings. The molecule has 0 bridgehead atoms. The molecule has 17 nitrogen and oxygen atoms in total. The van der Waals surface area contributed by atoms with Gasteiger partial charge in [-0.15, -0.1) is 11.3 Å². The molecular formula is C41H51N2O15PS. The summed E-state index contributed by atoms with van der Waals surface area (Å²) in [6, 6.07) is 16.9. The van der Waals surface area contributed by atoms with Crippen LogP contribution in [-0.2, 0) is 60.0 Å². The third-order valence-corrected chi connectivity index (χ3v) is 10.6. The van der Waals surface area contributed by atoms with Crippen LogP contribution < -0.4 is 15.4 Å². The van der Waals surface area contributed by atoms with Crippen molar-refractivity contribution >= 4 is 55.0 Å². The second-order valence-electron chi connectivity index (χ2n) is 13.2. The van der Waals surface area contributed by atoms with E-state index in [-0.39, 0.29) is 77.8 Å². The number of esters is 2. The van der Waals surface area contributed by atoms with Gasteiger partial charge in [-0.05, 0) is 53.5 Å². The lowest BCUT2D eigenvalue weighted by Crippen LogP contribution is -2.32. The van der Waals surface area contributed by atoms with Gasteiger partial charge in [-0.2, -0.15) is 0 Å². The molecule has 4 N–H and O–H groups in total. The highest BCUT2D eigenvalue weighted by molar-refractivity contribution is 7.47. The molecule has 0 fully saturated rings. The molecule has 2 amide bonds. The first kappa shape index (κ1) is 47.7. The maximum absolute atomic E-state index is 13.2. The molecule has 0 saturated heterocycles. The number of alkyl carbamates (subject to hydrolysis) is 1. The Balaban J connectivity index is 1.04. The number of ether oxygens (including phenoxy) is 5. The van der Waals surface area contributed by atoms with Crippen molar-refractivity contribution in [2.45, 2.75) is 58.7 Å². The Kier molecular flexibility index (Phi) is 19.9. The van der Waals surface area contributed by atoms with Gasteiger partial charge in [0.25, 0.3) is 5.91 Å². The van der Waals surface area contributed by atoms with Crippen molar-refractivity contribution in [2.75, 3.05) is 59.3 Å². The third kappa shape index (κ3) is 16.6. The van der Waals surface area contributed by atoms with E-state index in [1.807, 2.05) is 55.5 Å². The summed E-state index contributed by atoms with van der Waals surface area (Å²) in [5, 5.41) is 14.3. The molecule has 60 heavy (non-hydrogen) atoms. The van der Waals surface area contributed by atoms with Gasteiger partial charge < -0.3 is 44.3 Å². The van der Waals surface area contributed by atoms with Crippen molar-refractivity contribution in [3.8, 4) is 16.2 Å². The Labute approximate surface area is 351 Å². The standard InChI is InChI=1S/C41H51N2O15PS/c1-3-5-39(47)53-17-14-33(58-38(46)4-2)26-57-59(50,51)56-19-16-43-41(49)54-21-20-52-18-15-42-37(45)27-55-32-11-10-30-22-31(40(48)35(30)24-32)23-34-12-13-36(60-34)29-8-6-28(25-44)7-9-29/h6-13,23-24,33,44H,3-5,14-22,25-27H2,1-2H3,(H,42,45)(H,43,49)(H,50,51)/b31-23+. The van der Waals surface area contributed by atoms with Crippen molar-refractivity contribution in [1.82, 2.24) is 10.6 Å². The molecule has 1 aliphatic rings. The molecule has 4 rings (SSSR count). The molecule has 0 saturated carbocycles. The predicted molar refractivity (Wildman–Crippen MR) is 219 cm³/mol. The van der Waals surface area contributed by atoms with E-state index >= 15 is 0 Å². The lowest BCUT2D eigenvalue weighted by atomic mass is 10.1. The Hall–Kier alpha value is -4.94. The second kappa shape index (κ2) is 25.0. The lowest BCUT2D eigenvalue weighted by Gasteiger charge is -2.19. The van der Waals surface area contributed by atoms with E-state index in [4.69, 9.17) is 32.7 Å². The first-order valence-corrected chi connectivity index (χ1v) is 21.7. The summed E-state index contributed by atoms with van der Waals surface area (Å²) in [5.74, 6) is -1.08. The first-order valence-electron chi connectivity index (χ1n) is 19.4. The smallest absolute Gasteiger partial charge is 0.472 e. The van der Waals surface area contributed by atoms with Crippen LogP contribution in [0, 0.1) is 0 Å². The zero-order valence-corrected chi connectivity index (χ0v) is 35.2. The number of amides is 2. The molecule has 0 aliphatic heterocycles. The minimum absolute atomic E-state index is 0.0117. The second-order valence-corrected chi connectivity index (χ2v) is 15.8. The molecule has 326 valence electrons. The number of carbonyl (C=O) groups is 5. The van der Waals surface area contributed by atoms with Gasteiger partial charge >= 0.3 is 25.9 Å². The normalized spacial score (nSPS) is 14.2. The zero-order valence-electron chi connectivity index (χ0n) is 33.5. The maximum atomic E-state index is 13.2. The Morgan fingerprint density at radius 2 is 1.68 bits per heavy atom. The predicted octanol–water partition coefficient (Wildman–Crippen LogP) is 5.16. The maximum Gasteiger partial charge on any atom is 0.472 e. The van der Waals surface area contributed by atoms with Crippen LogP contribution in [0.15, 0.2) is 60.2 Å². The molecular weight excluding hydrogens is 823 g/mol. The van der Waals surface area contributed by atoms with Crippen LogP contribution in [-0.4, -0.2) is 105 Å². The number of phosphoric ester groups is 1. The van der Waals surface area contributed by atoms with Crippen LogP contribution in [0.1, 0.15) is 65.9 Å².